The number of fused-ring (bicyclic) bond motifs is 1. The Morgan fingerprint density at radius 2 is 1.95 bits per heavy atom. The highest BCUT2D eigenvalue weighted by Gasteiger charge is 2.46. The molecule has 1 aliphatic carbocycles. The van der Waals surface area contributed by atoms with Crippen LogP contribution in [0.15, 0.2) is 65.8 Å². The van der Waals surface area contributed by atoms with Gasteiger partial charge in [0.05, 0.1) is 28.2 Å². The van der Waals surface area contributed by atoms with Crippen LogP contribution >= 0.6 is 0 Å². The highest BCUT2D eigenvalue weighted by molar-refractivity contribution is 7.89. The molecule has 0 amide bonds. The Labute approximate surface area is 220 Å². The predicted octanol–water partition coefficient (Wildman–Crippen LogP) is 3.35. The summed E-state index contributed by atoms with van der Waals surface area (Å²) < 4.78 is 32.0. The minimum atomic E-state index is -3.66. The Morgan fingerprint density at radius 1 is 1.13 bits per heavy atom. The van der Waals surface area contributed by atoms with Gasteiger partial charge in [-0.15, -0.1) is 5.10 Å². The van der Waals surface area contributed by atoms with Gasteiger partial charge >= 0.3 is 5.97 Å². The maximum Gasteiger partial charge on any atom is 0.339 e. The summed E-state index contributed by atoms with van der Waals surface area (Å²) in [4.78, 5) is 12.4. The van der Waals surface area contributed by atoms with Gasteiger partial charge in [0.15, 0.2) is 0 Å². The third kappa shape index (κ3) is 4.31. The number of aromatic nitrogens is 5. The molecule has 196 valence electrons. The Kier molecular flexibility index (Phi) is 5.92. The van der Waals surface area contributed by atoms with E-state index in [2.05, 4.69) is 22.3 Å². The molecule has 1 aliphatic heterocycles. The normalized spacial score (nSPS) is 22.5. The summed E-state index contributed by atoms with van der Waals surface area (Å²) in [5, 5.41) is 22.5. The fraction of sp³-hybridized carbons (Fsp3) is 0.333. The average molecular weight is 533 g/mol. The van der Waals surface area contributed by atoms with Gasteiger partial charge in [-0.05, 0) is 48.1 Å². The van der Waals surface area contributed by atoms with Crippen LogP contribution in [-0.4, -0.2) is 55.1 Å². The molecule has 2 aromatic carbocycles. The lowest BCUT2D eigenvalue weighted by Gasteiger charge is -2.22. The van der Waals surface area contributed by atoms with Crippen molar-refractivity contribution in [3.8, 4) is 5.69 Å². The zero-order chi connectivity index (χ0) is 26.6. The predicted molar refractivity (Wildman–Crippen MR) is 139 cm³/mol. The quantitative estimate of drug-likeness (QED) is 0.404. The van der Waals surface area contributed by atoms with E-state index in [1.807, 2.05) is 42.6 Å². The summed E-state index contributed by atoms with van der Waals surface area (Å²) in [5.41, 5.74) is 3.95. The lowest BCUT2D eigenvalue weighted by Crippen LogP contribution is -2.32. The molecule has 2 aromatic heterocycles. The van der Waals surface area contributed by atoms with Gasteiger partial charge in [-0.2, -0.15) is 9.40 Å². The van der Waals surface area contributed by atoms with E-state index in [1.165, 1.54) is 6.20 Å². The van der Waals surface area contributed by atoms with Crippen LogP contribution in [0.3, 0.4) is 0 Å². The summed E-state index contributed by atoms with van der Waals surface area (Å²) in [6, 6.07) is 14.7. The van der Waals surface area contributed by atoms with Crippen molar-refractivity contribution in [2.45, 2.75) is 43.0 Å². The number of rotatable bonds is 6. The molecule has 10 nitrogen and oxygen atoms in total. The van der Waals surface area contributed by atoms with Crippen molar-refractivity contribution in [2.75, 3.05) is 6.54 Å². The summed E-state index contributed by atoms with van der Waals surface area (Å²) in [5.74, 6) is -0.840. The van der Waals surface area contributed by atoms with Crippen LogP contribution in [-0.2, 0) is 30.0 Å². The molecule has 3 atom stereocenters. The van der Waals surface area contributed by atoms with Crippen LogP contribution in [0.1, 0.15) is 58.1 Å². The van der Waals surface area contributed by atoms with Crippen LogP contribution in [0.25, 0.3) is 5.69 Å². The standard InChI is InChI=1S/C27H28N6O4S/c1-17-10-19-7-3-4-9-25(19)38(36,37)32(14-17)15-18-6-5-8-20(11-18)33-26(23(13-28-33)27(34)35)22-12-21(22)24-16-31(2)30-29-24/h3-9,11,13,16-17,21-22H,10,12,14-15H2,1-2H3,(H,34,35)/t17?,21-,22-/m1/s1. The van der Waals surface area contributed by atoms with Crippen molar-refractivity contribution < 1.29 is 18.3 Å². The van der Waals surface area contributed by atoms with Crippen molar-refractivity contribution in [3.05, 3.63) is 89.0 Å². The van der Waals surface area contributed by atoms with Gasteiger partial charge in [0.25, 0.3) is 0 Å². The molecular weight excluding hydrogens is 504 g/mol. The second-order valence-electron chi connectivity index (χ2n) is 10.3. The van der Waals surface area contributed by atoms with Crippen LogP contribution < -0.4 is 0 Å². The third-order valence-corrected chi connectivity index (χ3v) is 9.28. The van der Waals surface area contributed by atoms with Gasteiger partial charge in [0, 0.05) is 38.2 Å². The lowest BCUT2D eigenvalue weighted by molar-refractivity contribution is 0.0695. The molecule has 0 bridgehead atoms. The molecule has 3 heterocycles. The number of aryl methyl sites for hydroxylation is 1. The average Bonchev–Trinajstić information content (AvgIpc) is 3.35. The van der Waals surface area contributed by atoms with Gasteiger partial charge in [0.1, 0.15) is 5.56 Å². The molecule has 1 fully saturated rings. The van der Waals surface area contributed by atoms with Crippen LogP contribution in [0, 0.1) is 5.92 Å². The highest BCUT2D eigenvalue weighted by Crippen LogP contribution is 2.55. The van der Waals surface area contributed by atoms with Crippen molar-refractivity contribution in [1.29, 1.82) is 0 Å². The number of sulfonamides is 1. The topological polar surface area (TPSA) is 123 Å². The van der Waals surface area contributed by atoms with E-state index in [0.717, 1.165) is 23.2 Å². The summed E-state index contributed by atoms with van der Waals surface area (Å²) in [6.45, 7) is 2.69. The van der Waals surface area contributed by atoms with E-state index in [9.17, 15) is 18.3 Å². The molecule has 38 heavy (non-hydrogen) atoms. The zero-order valence-electron chi connectivity index (χ0n) is 21.1. The second-order valence-corrected chi connectivity index (χ2v) is 12.2. The van der Waals surface area contributed by atoms with Crippen molar-refractivity contribution in [3.63, 3.8) is 0 Å². The molecule has 2 aliphatic rings. The van der Waals surface area contributed by atoms with Crippen molar-refractivity contribution in [1.82, 2.24) is 29.1 Å². The maximum absolute atomic E-state index is 13.6. The number of hydrogen-bond acceptors (Lipinski definition) is 6. The van der Waals surface area contributed by atoms with Crippen LogP contribution in [0.5, 0.6) is 0 Å². The van der Waals surface area contributed by atoms with Gasteiger partial charge in [-0.3, -0.25) is 4.68 Å². The summed E-state index contributed by atoms with van der Waals surface area (Å²) in [6.07, 6.45) is 4.70. The van der Waals surface area contributed by atoms with E-state index in [1.54, 1.807) is 32.8 Å². The number of aromatic carboxylic acids is 1. The fourth-order valence-corrected chi connectivity index (χ4v) is 7.31. The molecular formula is C27H28N6O4S. The Bertz CT molecular complexity index is 1640. The van der Waals surface area contributed by atoms with Gasteiger partial charge < -0.3 is 5.11 Å². The minimum Gasteiger partial charge on any atom is -0.478 e. The van der Waals surface area contributed by atoms with Crippen molar-refractivity contribution >= 4 is 16.0 Å². The molecule has 0 spiro atoms. The van der Waals surface area contributed by atoms with Crippen LogP contribution in [0.4, 0.5) is 0 Å². The number of benzene rings is 2. The third-order valence-electron chi connectivity index (χ3n) is 7.37. The first-order valence-electron chi connectivity index (χ1n) is 12.6. The lowest BCUT2D eigenvalue weighted by atomic mass is 10.0. The first-order valence-corrected chi connectivity index (χ1v) is 14.0. The van der Waals surface area contributed by atoms with E-state index in [4.69, 9.17) is 0 Å². The number of carboxylic acid groups (broad SMARTS) is 1. The zero-order valence-corrected chi connectivity index (χ0v) is 21.9. The monoisotopic (exact) mass is 532 g/mol. The number of nitrogens with zero attached hydrogens (tertiary/aromatic N) is 6. The number of hydrogen-bond donors (Lipinski definition) is 1. The second kappa shape index (κ2) is 9.17. The van der Waals surface area contributed by atoms with Crippen molar-refractivity contribution in [2.24, 2.45) is 13.0 Å². The summed E-state index contributed by atoms with van der Waals surface area (Å²) in [7, 11) is -1.86. The fourth-order valence-electron chi connectivity index (χ4n) is 5.53. The Balaban J connectivity index is 1.33. The van der Waals surface area contributed by atoms with E-state index < -0.39 is 16.0 Å². The minimum absolute atomic E-state index is 0.0488. The highest BCUT2D eigenvalue weighted by atomic mass is 32.2. The molecule has 0 saturated heterocycles. The van der Waals surface area contributed by atoms with E-state index in [-0.39, 0.29) is 29.9 Å². The van der Waals surface area contributed by atoms with Gasteiger partial charge in [0.2, 0.25) is 10.0 Å². The molecule has 1 saturated carbocycles. The maximum atomic E-state index is 13.6. The molecule has 4 aromatic rings. The first-order chi connectivity index (χ1) is 18.2. The van der Waals surface area contributed by atoms with Gasteiger partial charge in [-0.25, -0.2) is 17.9 Å². The Hall–Kier alpha value is -3.83. The number of carbonyl (C=O) groups is 1. The Morgan fingerprint density at radius 3 is 2.71 bits per heavy atom. The molecule has 1 unspecified atom stereocenters. The smallest absolute Gasteiger partial charge is 0.339 e. The largest absolute Gasteiger partial charge is 0.478 e. The molecule has 6 rings (SSSR count). The number of carboxylic acids is 1. The van der Waals surface area contributed by atoms with Gasteiger partial charge in [-0.1, -0.05) is 42.5 Å². The van der Waals surface area contributed by atoms with E-state index in [0.29, 0.717) is 29.2 Å². The molecule has 11 heteroatoms. The van der Waals surface area contributed by atoms with Crippen LogP contribution in [0.2, 0.25) is 0 Å². The van der Waals surface area contributed by atoms with E-state index >= 15 is 0 Å². The molecule has 1 N–H and O–H groups in total. The molecule has 0 radical (unpaired) electrons. The first kappa shape index (κ1) is 24.5. The summed E-state index contributed by atoms with van der Waals surface area (Å²) >= 11 is 0. The SMILES string of the molecule is CC1Cc2ccccc2S(=O)(=O)N(Cc2cccc(-n3ncc(C(=O)O)c3[C@@H]3C[C@H]3c3cn(C)nn3)c2)C1.